The molecule has 1 aromatic rings. The van der Waals surface area contributed by atoms with E-state index in [9.17, 15) is 9.50 Å². The third-order valence-corrected chi connectivity index (χ3v) is 2.16. The molecule has 0 amide bonds. The molecule has 0 aliphatic carbocycles. The van der Waals surface area contributed by atoms with Crippen LogP contribution in [0, 0.1) is 0 Å². The first-order valence-corrected chi connectivity index (χ1v) is 4.27. The van der Waals surface area contributed by atoms with Gasteiger partial charge in [0.05, 0.1) is 7.11 Å². The fourth-order valence-corrected chi connectivity index (χ4v) is 1.12. The summed E-state index contributed by atoms with van der Waals surface area (Å²) in [5, 5.41) is 9.29. The molecular formula is C10H14FNO2. The van der Waals surface area contributed by atoms with Crippen LogP contribution in [0.4, 0.5) is 4.39 Å². The zero-order chi connectivity index (χ0) is 10.8. The zero-order valence-corrected chi connectivity index (χ0v) is 8.25. The summed E-state index contributed by atoms with van der Waals surface area (Å²) in [7, 11) is 1.41. The summed E-state index contributed by atoms with van der Waals surface area (Å²) in [4.78, 5) is 0. The fraction of sp³-hybridized carbons (Fsp3) is 0.400. The van der Waals surface area contributed by atoms with Crippen molar-refractivity contribution in [1.29, 1.82) is 0 Å². The Bertz CT molecular complexity index is 326. The van der Waals surface area contributed by atoms with E-state index < -0.39 is 5.67 Å². The van der Waals surface area contributed by atoms with Crippen molar-refractivity contribution in [3.63, 3.8) is 0 Å². The number of benzene rings is 1. The molecule has 0 aromatic heterocycles. The van der Waals surface area contributed by atoms with Gasteiger partial charge in [0, 0.05) is 6.54 Å². The Hall–Kier alpha value is -1.29. The van der Waals surface area contributed by atoms with Crippen molar-refractivity contribution in [1.82, 2.24) is 0 Å². The van der Waals surface area contributed by atoms with Crippen LogP contribution in [-0.2, 0) is 5.67 Å². The lowest BCUT2D eigenvalue weighted by atomic mass is 9.98. The maximum Gasteiger partial charge on any atom is 0.160 e. The van der Waals surface area contributed by atoms with Gasteiger partial charge < -0.3 is 15.6 Å². The monoisotopic (exact) mass is 199 g/mol. The molecule has 0 saturated carbocycles. The molecule has 1 rings (SSSR count). The number of nitrogens with two attached hydrogens (primary N) is 1. The lowest BCUT2D eigenvalue weighted by molar-refractivity contribution is 0.202. The van der Waals surface area contributed by atoms with Crippen LogP contribution < -0.4 is 10.5 Å². The summed E-state index contributed by atoms with van der Waals surface area (Å²) in [6.07, 6.45) is 0. The first-order chi connectivity index (χ1) is 6.51. The number of halogens is 1. The van der Waals surface area contributed by atoms with E-state index in [1.165, 1.54) is 32.2 Å². The second kappa shape index (κ2) is 3.84. The van der Waals surface area contributed by atoms with Crippen LogP contribution in [0.25, 0.3) is 0 Å². The van der Waals surface area contributed by atoms with E-state index in [0.717, 1.165) is 0 Å². The molecule has 0 radical (unpaired) electrons. The first kappa shape index (κ1) is 10.8. The minimum absolute atomic E-state index is 0.0101. The van der Waals surface area contributed by atoms with Crippen LogP contribution >= 0.6 is 0 Å². The summed E-state index contributed by atoms with van der Waals surface area (Å²) in [5.74, 6) is 0.240. The van der Waals surface area contributed by atoms with E-state index in [-0.39, 0.29) is 18.0 Å². The number of ether oxygens (including phenoxy) is 1. The number of methoxy groups -OCH3 is 1. The third kappa shape index (κ3) is 1.96. The van der Waals surface area contributed by atoms with Crippen LogP contribution in [0.1, 0.15) is 12.5 Å². The molecular weight excluding hydrogens is 185 g/mol. The number of phenolic OH excluding ortho intramolecular Hbond substituents is 1. The number of rotatable bonds is 3. The Kier molecular flexibility index (Phi) is 2.96. The molecule has 1 unspecified atom stereocenters. The predicted molar refractivity (Wildman–Crippen MR) is 52.2 cm³/mol. The molecule has 3 N–H and O–H groups in total. The Morgan fingerprint density at radius 1 is 1.57 bits per heavy atom. The van der Waals surface area contributed by atoms with Gasteiger partial charge >= 0.3 is 0 Å². The first-order valence-electron chi connectivity index (χ1n) is 4.27. The number of hydrogen-bond donors (Lipinski definition) is 2. The molecule has 0 saturated heterocycles. The standard InChI is InChI=1S/C10H14FNO2/c1-10(11,6-12)7-3-4-8(13)9(5-7)14-2/h3-5,13H,6,12H2,1-2H3. The quantitative estimate of drug-likeness (QED) is 0.776. The molecule has 0 spiro atoms. The van der Waals surface area contributed by atoms with Crippen molar-refractivity contribution in [3.8, 4) is 11.5 Å². The maximum atomic E-state index is 13.7. The molecule has 1 atom stereocenters. The van der Waals surface area contributed by atoms with E-state index in [1.54, 1.807) is 0 Å². The molecule has 0 heterocycles. The normalized spacial score (nSPS) is 14.9. The average Bonchev–Trinajstić information content (AvgIpc) is 2.18. The van der Waals surface area contributed by atoms with E-state index in [2.05, 4.69) is 0 Å². The second-order valence-corrected chi connectivity index (χ2v) is 3.29. The van der Waals surface area contributed by atoms with Crippen molar-refractivity contribution in [2.45, 2.75) is 12.6 Å². The highest BCUT2D eigenvalue weighted by molar-refractivity contribution is 5.43. The Morgan fingerprint density at radius 2 is 2.21 bits per heavy atom. The highest BCUT2D eigenvalue weighted by Crippen LogP contribution is 2.32. The summed E-state index contributed by atoms with van der Waals surface area (Å²) in [6.45, 7) is 1.28. The van der Waals surface area contributed by atoms with E-state index >= 15 is 0 Å². The van der Waals surface area contributed by atoms with Crippen LogP contribution in [0.15, 0.2) is 18.2 Å². The van der Waals surface area contributed by atoms with Gasteiger partial charge in [-0.1, -0.05) is 6.07 Å². The second-order valence-electron chi connectivity index (χ2n) is 3.29. The molecule has 0 fully saturated rings. The van der Waals surface area contributed by atoms with Crippen molar-refractivity contribution >= 4 is 0 Å². The van der Waals surface area contributed by atoms with Crippen molar-refractivity contribution < 1.29 is 14.2 Å². The number of alkyl halides is 1. The SMILES string of the molecule is COc1cc(C(C)(F)CN)ccc1O. The van der Waals surface area contributed by atoms with Crippen LogP contribution in [0.2, 0.25) is 0 Å². The zero-order valence-electron chi connectivity index (χ0n) is 8.25. The molecule has 0 bridgehead atoms. The number of phenols is 1. The molecule has 3 nitrogen and oxygen atoms in total. The van der Waals surface area contributed by atoms with E-state index in [1.807, 2.05) is 0 Å². The topological polar surface area (TPSA) is 55.5 Å². The Balaban J connectivity index is 3.12. The average molecular weight is 199 g/mol. The van der Waals surface area contributed by atoms with Gasteiger partial charge in [-0.25, -0.2) is 4.39 Å². The summed E-state index contributed by atoms with van der Waals surface area (Å²) < 4.78 is 18.6. The predicted octanol–water partition coefficient (Wildman–Crippen LogP) is 1.54. The van der Waals surface area contributed by atoms with E-state index in [4.69, 9.17) is 10.5 Å². The summed E-state index contributed by atoms with van der Waals surface area (Å²) >= 11 is 0. The molecule has 0 aliphatic rings. The fourth-order valence-electron chi connectivity index (χ4n) is 1.12. The highest BCUT2D eigenvalue weighted by atomic mass is 19.1. The molecule has 14 heavy (non-hydrogen) atoms. The van der Waals surface area contributed by atoms with Gasteiger partial charge in [0.25, 0.3) is 0 Å². The smallest absolute Gasteiger partial charge is 0.160 e. The Labute approximate surface area is 82.3 Å². The lowest BCUT2D eigenvalue weighted by Crippen LogP contribution is -2.26. The lowest BCUT2D eigenvalue weighted by Gasteiger charge is -2.19. The minimum Gasteiger partial charge on any atom is -0.504 e. The van der Waals surface area contributed by atoms with Crippen LogP contribution in [0.5, 0.6) is 11.5 Å². The van der Waals surface area contributed by atoms with Gasteiger partial charge in [-0.2, -0.15) is 0 Å². The van der Waals surface area contributed by atoms with Crippen LogP contribution in [0.3, 0.4) is 0 Å². The van der Waals surface area contributed by atoms with Gasteiger partial charge in [-0.05, 0) is 24.6 Å². The molecule has 1 aromatic carbocycles. The van der Waals surface area contributed by atoms with Gasteiger partial charge in [-0.3, -0.25) is 0 Å². The molecule has 0 aliphatic heterocycles. The van der Waals surface area contributed by atoms with E-state index in [0.29, 0.717) is 5.56 Å². The maximum absolute atomic E-state index is 13.7. The summed E-state index contributed by atoms with van der Waals surface area (Å²) in [6, 6.07) is 4.33. The van der Waals surface area contributed by atoms with Gasteiger partial charge in [0.15, 0.2) is 11.5 Å². The molecule has 4 heteroatoms. The largest absolute Gasteiger partial charge is 0.504 e. The minimum atomic E-state index is -1.60. The Morgan fingerprint density at radius 3 is 2.71 bits per heavy atom. The highest BCUT2D eigenvalue weighted by Gasteiger charge is 2.24. The van der Waals surface area contributed by atoms with Crippen molar-refractivity contribution in [2.24, 2.45) is 5.73 Å². The van der Waals surface area contributed by atoms with Crippen molar-refractivity contribution in [3.05, 3.63) is 23.8 Å². The third-order valence-electron chi connectivity index (χ3n) is 2.16. The van der Waals surface area contributed by atoms with Crippen LogP contribution in [-0.4, -0.2) is 18.8 Å². The number of aromatic hydroxyl groups is 1. The summed E-state index contributed by atoms with van der Waals surface area (Å²) in [5.41, 5.74) is 4.09. The van der Waals surface area contributed by atoms with Gasteiger partial charge in [-0.15, -0.1) is 0 Å². The van der Waals surface area contributed by atoms with Crippen molar-refractivity contribution in [2.75, 3.05) is 13.7 Å². The molecule has 78 valence electrons. The van der Waals surface area contributed by atoms with Gasteiger partial charge in [0.1, 0.15) is 5.67 Å². The number of hydrogen-bond acceptors (Lipinski definition) is 3. The van der Waals surface area contributed by atoms with Gasteiger partial charge in [0.2, 0.25) is 0 Å².